The van der Waals surface area contributed by atoms with Gasteiger partial charge in [0, 0.05) is 28.1 Å². The van der Waals surface area contributed by atoms with Crippen molar-refractivity contribution in [1.82, 2.24) is 0 Å². The van der Waals surface area contributed by atoms with Gasteiger partial charge in [0.2, 0.25) is 5.91 Å². The number of nitrogens with one attached hydrogen (secondary N) is 1. The number of anilines is 1. The molecule has 0 saturated heterocycles. The minimum atomic E-state index is -0.681. The van der Waals surface area contributed by atoms with Crippen molar-refractivity contribution in [3.05, 3.63) is 59.7 Å². The molecule has 2 aromatic carbocycles. The minimum Gasteiger partial charge on any atom is -0.326 e. The summed E-state index contributed by atoms with van der Waals surface area (Å²) in [5, 5.41) is 2.74. The van der Waals surface area contributed by atoms with Crippen LogP contribution in [0.2, 0.25) is 0 Å². The Balaban J connectivity index is 1.96. The summed E-state index contributed by atoms with van der Waals surface area (Å²) in [5.74, 6) is -1.70. The van der Waals surface area contributed by atoms with Crippen molar-refractivity contribution in [1.29, 1.82) is 0 Å². The van der Waals surface area contributed by atoms with Crippen molar-refractivity contribution >= 4 is 29.1 Å². The Kier molecular flexibility index (Phi) is 6.09. The number of benzene rings is 2. The Hall–Kier alpha value is -2.21. The zero-order valence-electron chi connectivity index (χ0n) is 13.3. The van der Waals surface area contributed by atoms with Crippen LogP contribution in [0.4, 0.5) is 14.5 Å². The quantitative estimate of drug-likeness (QED) is 0.615. The van der Waals surface area contributed by atoms with Gasteiger partial charge in [-0.25, -0.2) is 8.78 Å². The number of carbonyl (C=O) groups excluding carboxylic acids is 2. The molecule has 0 radical (unpaired) electrons. The fraction of sp³-hybridized carbons (Fsp3) is 0.222. The first-order valence-electron chi connectivity index (χ1n) is 7.39. The van der Waals surface area contributed by atoms with Crippen LogP contribution in [0.5, 0.6) is 0 Å². The molecule has 24 heavy (non-hydrogen) atoms. The van der Waals surface area contributed by atoms with E-state index >= 15 is 0 Å². The first-order valence-corrected chi connectivity index (χ1v) is 8.37. The molecule has 2 rings (SSSR count). The molecule has 1 N–H and O–H groups in total. The van der Waals surface area contributed by atoms with Crippen LogP contribution in [0.25, 0.3) is 0 Å². The molecule has 126 valence electrons. The molecule has 0 fully saturated rings. The monoisotopic (exact) mass is 349 g/mol. The Bertz CT molecular complexity index is 745. The topological polar surface area (TPSA) is 46.2 Å². The number of amides is 1. The molecule has 3 nitrogen and oxygen atoms in total. The van der Waals surface area contributed by atoms with Gasteiger partial charge in [0.15, 0.2) is 5.78 Å². The standard InChI is InChI=1S/C18H17F2NO2S/c1-11(2)18(23)21-14-6-3-12(4-7-14)16(22)10-24-17-8-5-13(19)9-15(17)20/h3-9,11H,10H2,1-2H3,(H,21,23). The van der Waals surface area contributed by atoms with E-state index in [-0.39, 0.29) is 28.3 Å². The van der Waals surface area contributed by atoms with Gasteiger partial charge in [-0.15, -0.1) is 11.8 Å². The Morgan fingerprint density at radius 3 is 2.33 bits per heavy atom. The molecule has 0 unspecified atom stereocenters. The number of rotatable bonds is 6. The number of ketones is 1. The molecule has 1 amide bonds. The van der Waals surface area contributed by atoms with E-state index < -0.39 is 11.6 Å². The second kappa shape index (κ2) is 8.06. The maximum Gasteiger partial charge on any atom is 0.226 e. The van der Waals surface area contributed by atoms with Gasteiger partial charge in [0.25, 0.3) is 0 Å². The fourth-order valence-corrected chi connectivity index (χ4v) is 2.66. The van der Waals surface area contributed by atoms with E-state index in [9.17, 15) is 18.4 Å². The maximum absolute atomic E-state index is 13.5. The van der Waals surface area contributed by atoms with Crippen molar-refractivity contribution in [2.45, 2.75) is 18.7 Å². The number of carbonyl (C=O) groups is 2. The van der Waals surface area contributed by atoms with E-state index in [1.165, 1.54) is 6.07 Å². The van der Waals surface area contributed by atoms with E-state index in [2.05, 4.69) is 5.32 Å². The summed E-state index contributed by atoms with van der Waals surface area (Å²) in [6.07, 6.45) is 0. The summed E-state index contributed by atoms with van der Waals surface area (Å²) in [4.78, 5) is 24.0. The minimum absolute atomic E-state index is 0.0419. The van der Waals surface area contributed by atoms with Crippen LogP contribution in [-0.2, 0) is 4.79 Å². The summed E-state index contributed by atoms with van der Waals surface area (Å²) < 4.78 is 26.4. The van der Waals surface area contributed by atoms with Gasteiger partial charge in [0.1, 0.15) is 11.6 Å². The molecular formula is C18H17F2NO2S. The van der Waals surface area contributed by atoms with Gasteiger partial charge in [-0.1, -0.05) is 13.8 Å². The number of Topliss-reactive ketones (excluding diaryl/α,β-unsaturated/α-hetero) is 1. The predicted octanol–water partition coefficient (Wildman–Crippen LogP) is 4.53. The molecule has 0 aromatic heterocycles. The normalized spacial score (nSPS) is 10.7. The van der Waals surface area contributed by atoms with Crippen LogP contribution in [0.1, 0.15) is 24.2 Å². The van der Waals surface area contributed by atoms with Gasteiger partial charge in [-0.05, 0) is 36.4 Å². The largest absolute Gasteiger partial charge is 0.326 e. The zero-order chi connectivity index (χ0) is 17.7. The second-order valence-electron chi connectivity index (χ2n) is 5.51. The van der Waals surface area contributed by atoms with E-state index in [0.717, 1.165) is 23.9 Å². The second-order valence-corrected chi connectivity index (χ2v) is 6.53. The third-order valence-corrected chi connectivity index (χ3v) is 4.30. The van der Waals surface area contributed by atoms with Gasteiger partial charge in [-0.2, -0.15) is 0 Å². The van der Waals surface area contributed by atoms with Crippen molar-refractivity contribution in [2.24, 2.45) is 5.92 Å². The smallest absolute Gasteiger partial charge is 0.226 e. The van der Waals surface area contributed by atoms with Crippen LogP contribution in [-0.4, -0.2) is 17.4 Å². The lowest BCUT2D eigenvalue weighted by atomic mass is 10.1. The summed E-state index contributed by atoms with van der Waals surface area (Å²) >= 11 is 1.02. The molecule has 2 aromatic rings. The molecule has 0 heterocycles. The van der Waals surface area contributed by atoms with Crippen LogP contribution in [0, 0.1) is 17.6 Å². The zero-order valence-corrected chi connectivity index (χ0v) is 14.1. The molecule has 6 heteroatoms. The van der Waals surface area contributed by atoms with Gasteiger partial charge in [0.05, 0.1) is 5.75 Å². The Morgan fingerprint density at radius 2 is 1.75 bits per heavy atom. The van der Waals surface area contributed by atoms with Crippen molar-refractivity contribution < 1.29 is 18.4 Å². The first-order chi connectivity index (χ1) is 11.4. The van der Waals surface area contributed by atoms with E-state index in [1.54, 1.807) is 38.1 Å². The third kappa shape index (κ3) is 4.89. The summed E-state index contributed by atoms with van der Waals surface area (Å²) in [6, 6.07) is 9.78. The molecule has 0 atom stereocenters. The van der Waals surface area contributed by atoms with Crippen LogP contribution in [0.15, 0.2) is 47.4 Å². The Morgan fingerprint density at radius 1 is 1.08 bits per heavy atom. The average molecular weight is 349 g/mol. The lowest BCUT2D eigenvalue weighted by Gasteiger charge is -2.08. The van der Waals surface area contributed by atoms with E-state index in [0.29, 0.717) is 11.3 Å². The Labute approximate surface area is 143 Å². The number of hydrogen-bond acceptors (Lipinski definition) is 3. The van der Waals surface area contributed by atoms with Crippen LogP contribution in [0.3, 0.4) is 0 Å². The summed E-state index contributed by atoms with van der Waals surface area (Å²) in [5.41, 5.74) is 1.08. The summed E-state index contributed by atoms with van der Waals surface area (Å²) in [7, 11) is 0. The van der Waals surface area contributed by atoms with Gasteiger partial charge < -0.3 is 5.32 Å². The number of hydrogen-bond donors (Lipinski definition) is 1. The van der Waals surface area contributed by atoms with Crippen LogP contribution < -0.4 is 5.32 Å². The lowest BCUT2D eigenvalue weighted by Crippen LogP contribution is -2.17. The van der Waals surface area contributed by atoms with Gasteiger partial charge in [-0.3, -0.25) is 9.59 Å². The highest BCUT2D eigenvalue weighted by Gasteiger charge is 2.11. The highest BCUT2D eigenvalue weighted by atomic mass is 32.2. The van der Waals surface area contributed by atoms with Gasteiger partial charge >= 0.3 is 0 Å². The summed E-state index contributed by atoms with van der Waals surface area (Å²) in [6.45, 7) is 3.58. The maximum atomic E-state index is 13.5. The fourth-order valence-electron chi connectivity index (χ4n) is 1.84. The van der Waals surface area contributed by atoms with Crippen molar-refractivity contribution in [2.75, 3.05) is 11.1 Å². The lowest BCUT2D eigenvalue weighted by molar-refractivity contribution is -0.118. The molecule has 0 aliphatic rings. The van der Waals surface area contributed by atoms with Crippen molar-refractivity contribution in [3.63, 3.8) is 0 Å². The number of halogens is 2. The molecule has 0 saturated carbocycles. The predicted molar refractivity (Wildman–Crippen MR) is 91.3 cm³/mol. The molecule has 0 bridgehead atoms. The van der Waals surface area contributed by atoms with E-state index in [4.69, 9.17) is 0 Å². The molecular weight excluding hydrogens is 332 g/mol. The molecule has 0 spiro atoms. The first kappa shape index (κ1) is 18.1. The van der Waals surface area contributed by atoms with Crippen molar-refractivity contribution in [3.8, 4) is 0 Å². The molecule has 0 aliphatic heterocycles. The molecule has 0 aliphatic carbocycles. The highest BCUT2D eigenvalue weighted by molar-refractivity contribution is 8.00. The van der Waals surface area contributed by atoms with Crippen LogP contribution >= 0.6 is 11.8 Å². The SMILES string of the molecule is CC(C)C(=O)Nc1ccc(C(=O)CSc2ccc(F)cc2F)cc1. The van der Waals surface area contributed by atoms with E-state index in [1.807, 2.05) is 0 Å². The number of thioether (sulfide) groups is 1. The average Bonchev–Trinajstić information content (AvgIpc) is 2.54. The third-order valence-electron chi connectivity index (χ3n) is 3.25. The highest BCUT2D eigenvalue weighted by Crippen LogP contribution is 2.23.